The monoisotopic (exact) mass is 414 g/mol. The topological polar surface area (TPSA) is 54.4 Å². The lowest BCUT2D eigenvalue weighted by Crippen LogP contribution is -2.53. The van der Waals surface area contributed by atoms with E-state index in [2.05, 4.69) is 60.5 Å². The summed E-state index contributed by atoms with van der Waals surface area (Å²) in [7, 11) is 1.77. The van der Waals surface area contributed by atoms with E-state index in [1.54, 1.807) is 7.11 Å². The minimum atomic E-state index is -0.300. The van der Waals surface area contributed by atoms with Gasteiger partial charge in [-0.2, -0.15) is 10.1 Å². The smallest absolute Gasteiger partial charge is 0.0704 e. The fourth-order valence-electron chi connectivity index (χ4n) is 5.57. The van der Waals surface area contributed by atoms with Gasteiger partial charge in [0.05, 0.1) is 32.5 Å². The molecule has 172 valence electrons. The van der Waals surface area contributed by atoms with E-state index in [0.717, 1.165) is 38.5 Å². The van der Waals surface area contributed by atoms with Crippen molar-refractivity contribution < 1.29 is 19.5 Å². The standard InChI is InChI=1S/C23H46N2O4/c1-20(2)12-10-18(16-22(5,6)24(20)26)28-14-15-29-19-11-13-21(3,4)25(27-9)23(7,8)17-19/h18-19,26H,10-17H2,1-9H3. The molecule has 2 aliphatic rings. The Morgan fingerprint density at radius 3 is 1.66 bits per heavy atom. The van der Waals surface area contributed by atoms with Crippen molar-refractivity contribution in [2.45, 2.75) is 128 Å². The summed E-state index contributed by atoms with van der Waals surface area (Å²) in [6, 6.07) is 0. The number of nitrogens with zero attached hydrogens (tertiary/aromatic N) is 2. The molecule has 2 aliphatic heterocycles. The molecule has 2 heterocycles. The fourth-order valence-corrected chi connectivity index (χ4v) is 5.57. The molecule has 2 rings (SSSR count). The van der Waals surface area contributed by atoms with Crippen LogP contribution in [0, 0.1) is 0 Å². The predicted octanol–water partition coefficient (Wildman–Crippen LogP) is 4.79. The molecule has 2 unspecified atom stereocenters. The molecule has 1 N–H and O–H groups in total. The Labute approximate surface area is 178 Å². The number of hydrogen-bond donors (Lipinski definition) is 1. The van der Waals surface area contributed by atoms with Gasteiger partial charge in [0.2, 0.25) is 0 Å². The molecular formula is C23H46N2O4. The molecule has 0 aromatic carbocycles. The van der Waals surface area contributed by atoms with Crippen LogP contribution in [0.4, 0.5) is 0 Å². The van der Waals surface area contributed by atoms with Gasteiger partial charge in [-0.15, -0.1) is 0 Å². The molecule has 0 saturated carbocycles. The normalized spacial score (nSPS) is 32.5. The van der Waals surface area contributed by atoms with Crippen LogP contribution in [0.15, 0.2) is 0 Å². The third-order valence-electron chi connectivity index (χ3n) is 6.83. The molecule has 2 fully saturated rings. The van der Waals surface area contributed by atoms with E-state index in [4.69, 9.17) is 14.3 Å². The SMILES string of the molecule is CON1C(C)(C)CCC(OCCOC2CCC(C)(C)N(O)C(C)(C)C2)CC1(C)C. The van der Waals surface area contributed by atoms with Crippen LogP contribution in [0.2, 0.25) is 0 Å². The second kappa shape index (κ2) is 9.09. The first kappa shape index (κ1) is 25.0. The van der Waals surface area contributed by atoms with E-state index < -0.39 is 0 Å². The first-order valence-electron chi connectivity index (χ1n) is 11.3. The maximum atomic E-state index is 10.6. The van der Waals surface area contributed by atoms with Crippen molar-refractivity contribution in [3.63, 3.8) is 0 Å². The van der Waals surface area contributed by atoms with E-state index in [1.807, 2.05) is 0 Å². The highest BCUT2D eigenvalue weighted by Crippen LogP contribution is 2.38. The molecule has 0 aromatic heterocycles. The number of hydroxylamine groups is 4. The summed E-state index contributed by atoms with van der Waals surface area (Å²) >= 11 is 0. The Balaban J connectivity index is 1.84. The Bertz CT molecular complexity index is 533. The van der Waals surface area contributed by atoms with Crippen molar-refractivity contribution in [1.29, 1.82) is 0 Å². The van der Waals surface area contributed by atoms with Crippen molar-refractivity contribution in [3.05, 3.63) is 0 Å². The van der Waals surface area contributed by atoms with Crippen LogP contribution in [-0.2, 0) is 14.3 Å². The summed E-state index contributed by atoms with van der Waals surface area (Å²) in [6.45, 7) is 18.5. The van der Waals surface area contributed by atoms with Gasteiger partial charge in [-0.1, -0.05) is 0 Å². The maximum Gasteiger partial charge on any atom is 0.0704 e. The van der Waals surface area contributed by atoms with Crippen molar-refractivity contribution in [1.82, 2.24) is 10.1 Å². The van der Waals surface area contributed by atoms with Gasteiger partial charge in [-0.25, -0.2) is 0 Å². The van der Waals surface area contributed by atoms with E-state index in [9.17, 15) is 5.21 Å². The van der Waals surface area contributed by atoms with Crippen molar-refractivity contribution in [3.8, 4) is 0 Å². The second-order valence-electron chi connectivity index (χ2n) is 11.5. The van der Waals surface area contributed by atoms with Crippen LogP contribution >= 0.6 is 0 Å². The average molecular weight is 415 g/mol. The minimum Gasteiger partial charge on any atom is -0.376 e. The Hall–Kier alpha value is -0.240. The van der Waals surface area contributed by atoms with E-state index >= 15 is 0 Å². The average Bonchev–Trinajstić information content (AvgIpc) is 2.72. The third-order valence-corrected chi connectivity index (χ3v) is 6.83. The van der Waals surface area contributed by atoms with Crippen LogP contribution in [0.3, 0.4) is 0 Å². The molecule has 29 heavy (non-hydrogen) atoms. The molecule has 6 heteroatoms. The number of ether oxygens (including phenoxy) is 2. The molecule has 6 nitrogen and oxygen atoms in total. The summed E-state index contributed by atoms with van der Waals surface area (Å²) in [6.07, 6.45) is 6.06. The Morgan fingerprint density at radius 2 is 1.17 bits per heavy atom. The molecule has 0 radical (unpaired) electrons. The summed E-state index contributed by atoms with van der Waals surface area (Å²) in [4.78, 5) is 5.74. The van der Waals surface area contributed by atoms with Crippen LogP contribution < -0.4 is 0 Å². The molecule has 2 saturated heterocycles. The van der Waals surface area contributed by atoms with Gasteiger partial charge in [-0.3, -0.25) is 0 Å². The zero-order valence-corrected chi connectivity index (χ0v) is 20.4. The summed E-state index contributed by atoms with van der Waals surface area (Å²) < 4.78 is 12.5. The van der Waals surface area contributed by atoms with Gasteiger partial charge in [0.15, 0.2) is 0 Å². The van der Waals surface area contributed by atoms with Gasteiger partial charge < -0.3 is 19.5 Å². The number of rotatable bonds is 6. The zero-order valence-electron chi connectivity index (χ0n) is 20.4. The molecular weight excluding hydrogens is 368 g/mol. The lowest BCUT2D eigenvalue weighted by Gasteiger charge is -2.44. The van der Waals surface area contributed by atoms with Crippen LogP contribution in [-0.4, -0.2) is 70.0 Å². The predicted molar refractivity (Wildman–Crippen MR) is 116 cm³/mol. The first-order valence-corrected chi connectivity index (χ1v) is 11.3. The molecule has 0 bridgehead atoms. The minimum absolute atomic E-state index is 0.0121. The largest absolute Gasteiger partial charge is 0.376 e. The highest BCUT2D eigenvalue weighted by atomic mass is 16.7. The lowest BCUT2D eigenvalue weighted by molar-refractivity contribution is -0.247. The van der Waals surface area contributed by atoms with Crippen LogP contribution in [0.25, 0.3) is 0 Å². The lowest BCUT2D eigenvalue weighted by atomic mass is 9.95. The van der Waals surface area contributed by atoms with Crippen molar-refractivity contribution in [2.24, 2.45) is 0 Å². The molecule has 0 aromatic rings. The van der Waals surface area contributed by atoms with Crippen molar-refractivity contribution in [2.75, 3.05) is 20.3 Å². The highest BCUT2D eigenvalue weighted by Gasteiger charge is 2.44. The highest BCUT2D eigenvalue weighted by molar-refractivity contribution is 4.94. The van der Waals surface area contributed by atoms with E-state index in [0.29, 0.717) is 13.2 Å². The third kappa shape index (κ3) is 6.14. The van der Waals surface area contributed by atoms with Gasteiger partial charge in [-0.05, 0) is 93.9 Å². The van der Waals surface area contributed by atoms with Crippen LogP contribution in [0.1, 0.15) is 93.9 Å². The number of hydrogen-bond acceptors (Lipinski definition) is 6. The molecule has 0 spiro atoms. The van der Waals surface area contributed by atoms with Gasteiger partial charge in [0.1, 0.15) is 0 Å². The van der Waals surface area contributed by atoms with Gasteiger partial charge in [0.25, 0.3) is 0 Å². The quantitative estimate of drug-likeness (QED) is 0.631. The fraction of sp³-hybridized carbons (Fsp3) is 1.00. The molecule has 0 aliphatic carbocycles. The maximum absolute atomic E-state index is 10.6. The zero-order chi connectivity index (χ0) is 22.1. The molecule has 2 atom stereocenters. The summed E-state index contributed by atoms with van der Waals surface area (Å²) in [5.41, 5.74) is -0.625. The Morgan fingerprint density at radius 1 is 0.724 bits per heavy atom. The first-order chi connectivity index (χ1) is 13.2. The van der Waals surface area contributed by atoms with Crippen LogP contribution in [0.5, 0.6) is 0 Å². The summed E-state index contributed by atoms with van der Waals surface area (Å²) in [5, 5.41) is 14.3. The van der Waals surface area contributed by atoms with E-state index in [1.165, 1.54) is 5.06 Å². The van der Waals surface area contributed by atoms with Gasteiger partial charge in [0, 0.05) is 22.2 Å². The summed E-state index contributed by atoms with van der Waals surface area (Å²) in [5.74, 6) is 0. The second-order valence-corrected chi connectivity index (χ2v) is 11.5. The molecule has 0 amide bonds. The van der Waals surface area contributed by atoms with Gasteiger partial charge >= 0.3 is 0 Å². The Kier molecular flexibility index (Phi) is 7.85. The van der Waals surface area contributed by atoms with E-state index in [-0.39, 0.29) is 34.4 Å². The van der Waals surface area contributed by atoms with Crippen molar-refractivity contribution >= 4 is 0 Å².